The van der Waals surface area contributed by atoms with Crippen LogP contribution in [-0.4, -0.2) is 18.2 Å². The van der Waals surface area contributed by atoms with E-state index in [-0.39, 0.29) is 0 Å². The van der Waals surface area contributed by atoms with E-state index in [4.69, 9.17) is 9.47 Å². The van der Waals surface area contributed by atoms with Gasteiger partial charge in [-0.1, -0.05) is 26.7 Å². The van der Waals surface area contributed by atoms with Gasteiger partial charge >= 0.3 is 0 Å². The highest BCUT2D eigenvalue weighted by Gasteiger charge is 1.97. The van der Waals surface area contributed by atoms with Crippen LogP contribution in [0.25, 0.3) is 0 Å². The molecule has 0 fully saturated rings. The molecule has 0 amide bonds. The Morgan fingerprint density at radius 1 is 1.06 bits per heavy atom. The zero-order chi connectivity index (χ0) is 12.3. The van der Waals surface area contributed by atoms with Crippen molar-refractivity contribution >= 4 is 0 Å². The average Bonchev–Trinajstić information content (AvgIpc) is 2.37. The van der Waals surface area contributed by atoms with Gasteiger partial charge in [-0.25, -0.2) is 4.98 Å². The summed E-state index contributed by atoms with van der Waals surface area (Å²) in [6.45, 7) is 6.52. The van der Waals surface area contributed by atoms with Gasteiger partial charge in [0, 0.05) is 18.9 Å². The molecule has 1 aromatic rings. The Bertz CT molecular complexity index is 285. The van der Waals surface area contributed by atoms with Crippen LogP contribution in [0.1, 0.15) is 45.1 Å². The second-order valence-corrected chi connectivity index (χ2v) is 4.11. The normalized spacial score (nSPS) is 10.5. The molecule has 0 saturated heterocycles. The van der Waals surface area contributed by atoms with Crippen molar-refractivity contribution in [3.63, 3.8) is 0 Å². The number of unbranched alkanes of at least 4 members (excludes halogenated alkanes) is 2. The van der Waals surface area contributed by atoms with E-state index < -0.39 is 0 Å². The molecular weight excluding hydrogens is 214 g/mol. The number of hydrogen-bond donors (Lipinski definition) is 0. The first-order valence-corrected chi connectivity index (χ1v) is 6.52. The summed E-state index contributed by atoms with van der Waals surface area (Å²) < 4.78 is 11.0. The number of hydrogen-bond acceptors (Lipinski definition) is 3. The predicted octanol–water partition coefficient (Wildman–Crippen LogP) is 3.58. The van der Waals surface area contributed by atoms with Crippen LogP contribution in [0, 0.1) is 0 Å². The van der Waals surface area contributed by atoms with Crippen molar-refractivity contribution in [2.45, 2.75) is 46.1 Å². The molecular formula is C14H23NO2. The number of nitrogens with zero attached hydrogens (tertiary/aromatic N) is 1. The zero-order valence-corrected chi connectivity index (χ0v) is 10.9. The highest BCUT2D eigenvalue weighted by atomic mass is 16.5. The Balaban J connectivity index is 2.24. The molecule has 0 aliphatic heterocycles. The van der Waals surface area contributed by atoms with E-state index >= 15 is 0 Å². The van der Waals surface area contributed by atoms with Gasteiger partial charge in [0.2, 0.25) is 5.88 Å². The van der Waals surface area contributed by atoms with Crippen LogP contribution in [-0.2, 0) is 11.3 Å². The van der Waals surface area contributed by atoms with Crippen LogP contribution in [0.4, 0.5) is 0 Å². The van der Waals surface area contributed by atoms with Crippen LogP contribution in [0.3, 0.4) is 0 Å². The minimum Gasteiger partial charge on any atom is -0.478 e. The minimum absolute atomic E-state index is 0.641. The third kappa shape index (κ3) is 6.27. The first-order chi connectivity index (χ1) is 8.36. The molecule has 3 heteroatoms. The SMILES string of the molecule is CCCCOCc1ccc(OCCCC)nc1. The van der Waals surface area contributed by atoms with Gasteiger partial charge in [0.25, 0.3) is 0 Å². The molecule has 17 heavy (non-hydrogen) atoms. The fourth-order valence-corrected chi connectivity index (χ4v) is 1.34. The second-order valence-electron chi connectivity index (χ2n) is 4.11. The fourth-order valence-electron chi connectivity index (χ4n) is 1.34. The van der Waals surface area contributed by atoms with Crippen molar-refractivity contribution in [1.29, 1.82) is 0 Å². The molecule has 1 heterocycles. The summed E-state index contributed by atoms with van der Waals surface area (Å²) in [5.41, 5.74) is 1.10. The van der Waals surface area contributed by atoms with Crippen molar-refractivity contribution in [3.05, 3.63) is 23.9 Å². The molecule has 1 rings (SSSR count). The number of rotatable bonds is 9. The van der Waals surface area contributed by atoms with Gasteiger partial charge in [0.1, 0.15) is 0 Å². The number of ether oxygens (including phenoxy) is 2. The molecule has 0 unspecified atom stereocenters. The Morgan fingerprint density at radius 2 is 1.82 bits per heavy atom. The van der Waals surface area contributed by atoms with Crippen LogP contribution < -0.4 is 4.74 Å². The number of pyridine rings is 1. The molecule has 0 spiro atoms. The Labute approximate surface area is 104 Å². The molecule has 1 aromatic heterocycles. The van der Waals surface area contributed by atoms with E-state index in [1.54, 1.807) is 0 Å². The standard InChI is InChI=1S/C14H23NO2/c1-3-5-9-16-12-13-7-8-14(15-11-13)17-10-6-4-2/h7-8,11H,3-6,9-10,12H2,1-2H3. The van der Waals surface area contributed by atoms with Gasteiger partial charge in [-0.05, 0) is 24.5 Å². The average molecular weight is 237 g/mol. The molecule has 0 atom stereocenters. The van der Waals surface area contributed by atoms with E-state index in [0.717, 1.165) is 38.0 Å². The van der Waals surface area contributed by atoms with Crippen molar-refractivity contribution in [2.24, 2.45) is 0 Å². The maximum absolute atomic E-state index is 5.52. The van der Waals surface area contributed by atoms with Crippen LogP contribution in [0.5, 0.6) is 5.88 Å². The smallest absolute Gasteiger partial charge is 0.213 e. The van der Waals surface area contributed by atoms with Crippen molar-refractivity contribution in [1.82, 2.24) is 4.98 Å². The van der Waals surface area contributed by atoms with Crippen LogP contribution in [0.2, 0.25) is 0 Å². The summed E-state index contributed by atoms with van der Waals surface area (Å²) in [6.07, 6.45) is 6.33. The molecule has 96 valence electrons. The largest absolute Gasteiger partial charge is 0.478 e. The molecule has 0 aromatic carbocycles. The lowest BCUT2D eigenvalue weighted by Gasteiger charge is -2.06. The van der Waals surface area contributed by atoms with Gasteiger partial charge < -0.3 is 9.47 Å². The van der Waals surface area contributed by atoms with Crippen molar-refractivity contribution in [3.8, 4) is 5.88 Å². The Morgan fingerprint density at radius 3 is 2.47 bits per heavy atom. The second kappa shape index (κ2) is 8.99. The summed E-state index contributed by atoms with van der Waals surface area (Å²) >= 11 is 0. The lowest BCUT2D eigenvalue weighted by atomic mass is 10.3. The Kier molecular flexibility index (Phi) is 7.39. The van der Waals surface area contributed by atoms with Crippen molar-refractivity contribution in [2.75, 3.05) is 13.2 Å². The molecule has 0 aliphatic rings. The first-order valence-electron chi connectivity index (χ1n) is 6.52. The summed E-state index contributed by atoms with van der Waals surface area (Å²) in [7, 11) is 0. The number of aromatic nitrogens is 1. The van der Waals surface area contributed by atoms with Crippen LogP contribution >= 0.6 is 0 Å². The van der Waals surface area contributed by atoms with Gasteiger partial charge in [-0.3, -0.25) is 0 Å². The highest BCUT2D eigenvalue weighted by Crippen LogP contribution is 2.09. The van der Waals surface area contributed by atoms with E-state index in [1.165, 1.54) is 6.42 Å². The third-order valence-electron chi connectivity index (χ3n) is 2.46. The summed E-state index contributed by atoms with van der Waals surface area (Å²) in [4.78, 5) is 4.25. The molecule has 3 nitrogen and oxygen atoms in total. The molecule has 0 N–H and O–H groups in total. The van der Waals surface area contributed by atoms with E-state index in [0.29, 0.717) is 12.5 Å². The molecule has 0 aliphatic carbocycles. The fraction of sp³-hybridized carbons (Fsp3) is 0.643. The van der Waals surface area contributed by atoms with Gasteiger partial charge in [-0.2, -0.15) is 0 Å². The summed E-state index contributed by atoms with van der Waals surface area (Å²) in [5, 5.41) is 0. The quantitative estimate of drug-likeness (QED) is 0.615. The molecule has 0 bridgehead atoms. The lowest BCUT2D eigenvalue weighted by Crippen LogP contribution is -2.00. The summed E-state index contributed by atoms with van der Waals surface area (Å²) in [6, 6.07) is 3.92. The highest BCUT2D eigenvalue weighted by molar-refractivity contribution is 5.17. The third-order valence-corrected chi connectivity index (χ3v) is 2.46. The minimum atomic E-state index is 0.641. The van der Waals surface area contributed by atoms with Crippen molar-refractivity contribution < 1.29 is 9.47 Å². The van der Waals surface area contributed by atoms with E-state index in [9.17, 15) is 0 Å². The predicted molar refractivity (Wildman–Crippen MR) is 69.2 cm³/mol. The van der Waals surface area contributed by atoms with Crippen LogP contribution in [0.15, 0.2) is 18.3 Å². The zero-order valence-electron chi connectivity index (χ0n) is 10.9. The molecule has 0 saturated carbocycles. The van der Waals surface area contributed by atoms with E-state index in [1.807, 2.05) is 18.3 Å². The Hall–Kier alpha value is -1.09. The lowest BCUT2D eigenvalue weighted by molar-refractivity contribution is 0.118. The van der Waals surface area contributed by atoms with Gasteiger partial charge in [-0.15, -0.1) is 0 Å². The molecule has 0 radical (unpaired) electrons. The first kappa shape index (κ1) is 14.0. The monoisotopic (exact) mass is 237 g/mol. The van der Waals surface area contributed by atoms with Gasteiger partial charge in [0.15, 0.2) is 0 Å². The summed E-state index contributed by atoms with van der Waals surface area (Å²) in [5.74, 6) is 0.704. The van der Waals surface area contributed by atoms with Gasteiger partial charge in [0.05, 0.1) is 13.2 Å². The topological polar surface area (TPSA) is 31.4 Å². The maximum atomic E-state index is 5.52. The maximum Gasteiger partial charge on any atom is 0.213 e. The van der Waals surface area contributed by atoms with E-state index in [2.05, 4.69) is 18.8 Å².